The first kappa shape index (κ1) is 15.4. The van der Waals surface area contributed by atoms with E-state index in [1.807, 2.05) is 36.4 Å². The molecule has 0 radical (unpaired) electrons. The average molecular weight is 287 g/mol. The molecule has 4 heteroatoms. The second-order valence-electron chi connectivity index (χ2n) is 4.90. The predicted octanol–water partition coefficient (Wildman–Crippen LogP) is 2.31. The van der Waals surface area contributed by atoms with E-state index < -0.39 is 12.1 Å². The number of methoxy groups -OCH3 is 2. The number of rotatable bonds is 6. The third kappa shape index (κ3) is 3.74. The van der Waals surface area contributed by atoms with Crippen molar-refractivity contribution < 1.29 is 14.6 Å². The van der Waals surface area contributed by atoms with Crippen LogP contribution >= 0.6 is 0 Å². The van der Waals surface area contributed by atoms with Gasteiger partial charge in [-0.1, -0.05) is 36.4 Å². The fourth-order valence-electron chi connectivity index (χ4n) is 2.26. The lowest BCUT2D eigenvalue weighted by molar-refractivity contribution is 0.145. The lowest BCUT2D eigenvalue weighted by Crippen LogP contribution is -2.28. The highest BCUT2D eigenvalue weighted by atomic mass is 16.5. The summed E-state index contributed by atoms with van der Waals surface area (Å²) >= 11 is 0. The topological polar surface area (TPSA) is 64.7 Å². The van der Waals surface area contributed by atoms with E-state index in [0.29, 0.717) is 17.9 Å². The van der Waals surface area contributed by atoms with Crippen LogP contribution in [0.2, 0.25) is 0 Å². The van der Waals surface area contributed by atoms with Crippen molar-refractivity contribution in [2.45, 2.75) is 18.6 Å². The molecular weight excluding hydrogens is 266 g/mol. The molecule has 0 fully saturated rings. The van der Waals surface area contributed by atoms with Crippen molar-refractivity contribution in [2.75, 3.05) is 14.2 Å². The second-order valence-corrected chi connectivity index (χ2v) is 4.90. The van der Waals surface area contributed by atoms with E-state index in [1.165, 1.54) is 0 Å². The van der Waals surface area contributed by atoms with Crippen molar-refractivity contribution in [1.29, 1.82) is 0 Å². The highest BCUT2D eigenvalue weighted by Gasteiger charge is 2.19. The van der Waals surface area contributed by atoms with Crippen molar-refractivity contribution in [1.82, 2.24) is 0 Å². The monoisotopic (exact) mass is 287 g/mol. The number of aliphatic hydroxyl groups excluding tert-OH is 1. The van der Waals surface area contributed by atoms with Gasteiger partial charge in [0.2, 0.25) is 0 Å². The van der Waals surface area contributed by atoms with E-state index in [1.54, 1.807) is 26.4 Å². The second kappa shape index (κ2) is 7.11. The number of benzene rings is 2. The minimum atomic E-state index is -0.662. The molecule has 0 amide bonds. The van der Waals surface area contributed by atoms with Gasteiger partial charge >= 0.3 is 0 Å². The zero-order chi connectivity index (χ0) is 15.2. The standard InChI is InChI=1S/C17H21NO3/c1-20-15-9-8-13(11-16(15)21-2)17(18)14(19)10-12-6-4-3-5-7-12/h3-9,11,14,17,19H,10,18H2,1-2H3/t14-,17+/m1/s1. The number of nitrogens with two attached hydrogens (primary N) is 1. The Hall–Kier alpha value is -2.04. The highest BCUT2D eigenvalue weighted by molar-refractivity contribution is 5.44. The van der Waals surface area contributed by atoms with Crippen molar-refractivity contribution in [3.8, 4) is 11.5 Å². The molecule has 0 aliphatic rings. The molecule has 2 aromatic carbocycles. The lowest BCUT2D eigenvalue weighted by Gasteiger charge is -2.20. The van der Waals surface area contributed by atoms with Gasteiger partial charge in [-0.25, -0.2) is 0 Å². The van der Waals surface area contributed by atoms with Gasteiger partial charge in [0, 0.05) is 6.42 Å². The van der Waals surface area contributed by atoms with Crippen molar-refractivity contribution in [3.05, 3.63) is 59.7 Å². The molecule has 2 atom stereocenters. The smallest absolute Gasteiger partial charge is 0.161 e. The maximum atomic E-state index is 10.3. The van der Waals surface area contributed by atoms with E-state index >= 15 is 0 Å². The molecular formula is C17H21NO3. The van der Waals surface area contributed by atoms with Crippen LogP contribution in [0, 0.1) is 0 Å². The lowest BCUT2D eigenvalue weighted by atomic mass is 9.96. The van der Waals surface area contributed by atoms with Gasteiger partial charge in [-0.05, 0) is 23.3 Å². The fraction of sp³-hybridized carbons (Fsp3) is 0.294. The van der Waals surface area contributed by atoms with Gasteiger partial charge < -0.3 is 20.3 Å². The minimum Gasteiger partial charge on any atom is -0.493 e. The van der Waals surface area contributed by atoms with Crippen LogP contribution in [0.5, 0.6) is 11.5 Å². The summed E-state index contributed by atoms with van der Waals surface area (Å²) in [5.74, 6) is 1.25. The molecule has 0 spiro atoms. The normalized spacial score (nSPS) is 13.5. The summed E-state index contributed by atoms with van der Waals surface area (Å²) in [4.78, 5) is 0. The van der Waals surface area contributed by atoms with Gasteiger partial charge in [0.25, 0.3) is 0 Å². The Morgan fingerprint density at radius 1 is 1.00 bits per heavy atom. The first-order valence-electron chi connectivity index (χ1n) is 6.85. The first-order valence-corrected chi connectivity index (χ1v) is 6.85. The van der Waals surface area contributed by atoms with Crippen molar-refractivity contribution >= 4 is 0 Å². The zero-order valence-corrected chi connectivity index (χ0v) is 12.3. The maximum Gasteiger partial charge on any atom is 0.161 e. The molecule has 0 aliphatic carbocycles. The number of aliphatic hydroxyl groups is 1. The Kier molecular flexibility index (Phi) is 5.20. The first-order chi connectivity index (χ1) is 10.2. The van der Waals surface area contributed by atoms with E-state index in [9.17, 15) is 5.11 Å². The van der Waals surface area contributed by atoms with Gasteiger partial charge in [-0.2, -0.15) is 0 Å². The predicted molar refractivity (Wildman–Crippen MR) is 82.6 cm³/mol. The molecule has 0 aromatic heterocycles. The molecule has 0 saturated heterocycles. The van der Waals surface area contributed by atoms with Gasteiger partial charge in [0.1, 0.15) is 0 Å². The quantitative estimate of drug-likeness (QED) is 0.855. The minimum absolute atomic E-state index is 0.481. The molecule has 3 N–H and O–H groups in total. The molecule has 2 rings (SSSR count). The molecule has 112 valence electrons. The van der Waals surface area contributed by atoms with Crippen molar-refractivity contribution in [2.24, 2.45) is 5.73 Å². The van der Waals surface area contributed by atoms with E-state index in [2.05, 4.69) is 0 Å². The summed E-state index contributed by atoms with van der Waals surface area (Å²) in [6.45, 7) is 0. The highest BCUT2D eigenvalue weighted by Crippen LogP contribution is 2.30. The molecule has 0 heterocycles. The van der Waals surface area contributed by atoms with Crippen LogP contribution in [-0.2, 0) is 6.42 Å². The summed E-state index contributed by atoms with van der Waals surface area (Å²) in [6, 6.07) is 14.8. The number of hydrogen-bond donors (Lipinski definition) is 2. The molecule has 21 heavy (non-hydrogen) atoms. The van der Waals surface area contributed by atoms with E-state index in [-0.39, 0.29) is 0 Å². The molecule has 0 aliphatic heterocycles. The van der Waals surface area contributed by atoms with Gasteiger partial charge in [-0.3, -0.25) is 0 Å². The van der Waals surface area contributed by atoms with Crippen LogP contribution in [0.3, 0.4) is 0 Å². The van der Waals surface area contributed by atoms with Gasteiger partial charge in [0.05, 0.1) is 26.4 Å². The van der Waals surface area contributed by atoms with Gasteiger partial charge in [0.15, 0.2) is 11.5 Å². The Bertz CT molecular complexity index is 572. The van der Waals surface area contributed by atoms with Crippen LogP contribution in [0.1, 0.15) is 17.2 Å². The molecule has 0 saturated carbocycles. The van der Waals surface area contributed by atoms with Crippen LogP contribution < -0.4 is 15.2 Å². The average Bonchev–Trinajstić information content (AvgIpc) is 2.54. The summed E-state index contributed by atoms with van der Waals surface area (Å²) in [7, 11) is 3.16. The summed E-state index contributed by atoms with van der Waals surface area (Å²) in [6.07, 6.45) is -0.151. The Morgan fingerprint density at radius 3 is 2.29 bits per heavy atom. The molecule has 4 nitrogen and oxygen atoms in total. The third-order valence-corrected chi connectivity index (χ3v) is 3.49. The Morgan fingerprint density at radius 2 is 1.67 bits per heavy atom. The summed E-state index contributed by atoms with van der Waals surface area (Å²) in [5.41, 5.74) is 8.03. The van der Waals surface area contributed by atoms with E-state index in [0.717, 1.165) is 11.1 Å². The third-order valence-electron chi connectivity index (χ3n) is 3.49. The number of ether oxygens (including phenoxy) is 2. The Labute approximate surface area is 125 Å². The van der Waals surface area contributed by atoms with Crippen LogP contribution in [0.4, 0.5) is 0 Å². The summed E-state index contributed by atoms with van der Waals surface area (Å²) in [5, 5.41) is 10.3. The largest absolute Gasteiger partial charge is 0.493 e. The SMILES string of the molecule is COc1ccc([C@H](N)[C@H](O)Cc2ccccc2)cc1OC. The van der Waals surface area contributed by atoms with Gasteiger partial charge in [-0.15, -0.1) is 0 Å². The van der Waals surface area contributed by atoms with E-state index in [4.69, 9.17) is 15.2 Å². The Balaban J connectivity index is 2.13. The molecule has 2 aromatic rings. The fourth-order valence-corrected chi connectivity index (χ4v) is 2.26. The molecule has 0 unspecified atom stereocenters. The van der Waals surface area contributed by atoms with Crippen LogP contribution in [-0.4, -0.2) is 25.4 Å². The van der Waals surface area contributed by atoms with Crippen molar-refractivity contribution in [3.63, 3.8) is 0 Å². The number of hydrogen-bond acceptors (Lipinski definition) is 4. The van der Waals surface area contributed by atoms with Crippen LogP contribution in [0.15, 0.2) is 48.5 Å². The zero-order valence-electron chi connectivity index (χ0n) is 12.3. The maximum absolute atomic E-state index is 10.3. The summed E-state index contributed by atoms with van der Waals surface area (Å²) < 4.78 is 10.5. The molecule has 0 bridgehead atoms. The van der Waals surface area contributed by atoms with Crippen LogP contribution in [0.25, 0.3) is 0 Å².